The van der Waals surface area contributed by atoms with Crippen molar-refractivity contribution in [3.8, 4) is 0 Å². The van der Waals surface area contributed by atoms with E-state index in [4.69, 9.17) is 5.21 Å². The molecule has 0 spiro atoms. The van der Waals surface area contributed by atoms with Crippen molar-refractivity contribution in [1.82, 2.24) is 0 Å². The number of carbonyl (C=O) groups excluding carboxylic acids is 2. The maximum atomic E-state index is 12.4. The first-order valence-electron chi connectivity index (χ1n) is 6.08. The van der Waals surface area contributed by atoms with Crippen LogP contribution in [0.1, 0.15) is 46.4 Å². The van der Waals surface area contributed by atoms with Crippen LogP contribution in [0.25, 0.3) is 0 Å². The van der Waals surface area contributed by atoms with E-state index in [2.05, 4.69) is 0 Å². The molecule has 2 N–H and O–H groups in total. The molecule has 0 amide bonds. The van der Waals surface area contributed by atoms with Gasteiger partial charge in [-0.2, -0.15) is 0 Å². The number of ketones is 2. The van der Waals surface area contributed by atoms with Crippen molar-refractivity contribution < 1.29 is 14.8 Å². The molecule has 4 heteroatoms. The smallest absolute Gasteiger partial charge is 0.192 e. The Kier molecular flexibility index (Phi) is 2.52. The van der Waals surface area contributed by atoms with E-state index in [1.54, 1.807) is 18.2 Å². The van der Waals surface area contributed by atoms with Gasteiger partial charge in [0, 0.05) is 16.7 Å². The molecule has 18 heavy (non-hydrogen) atoms. The van der Waals surface area contributed by atoms with Crippen LogP contribution < -0.4 is 5.48 Å². The van der Waals surface area contributed by atoms with E-state index in [-0.39, 0.29) is 11.6 Å². The van der Waals surface area contributed by atoms with Gasteiger partial charge in [0.15, 0.2) is 11.6 Å². The second kappa shape index (κ2) is 4.07. The van der Waals surface area contributed by atoms with Gasteiger partial charge in [-0.05, 0) is 31.7 Å². The Hall–Kier alpha value is -1.94. The zero-order valence-electron chi connectivity index (χ0n) is 9.82. The summed E-state index contributed by atoms with van der Waals surface area (Å²) in [5.74, 6) is -0.173. The van der Waals surface area contributed by atoms with Gasteiger partial charge in [-0.3, -0.25) is 20.3 Å². The van der Waals surface area contributed by atoms with Crippen LogP contribution in [-0.4, -0.2) is 16.8 Å². The molecule has 0 heterocycles. The quantitative estimate of drug-likeness (QED) is 0.744. The molecule has 3 rings (SSSR count). The Morgan fingerprint density at radius 2 is 1.67 bits per heavy atom. The van der Waals surface area contributed by atoms with Gasteiger partial charge in [-0.1, -0.05) is 12.1 Å². The van der Waals surface area contributed by atoms with Gasteiger partial charge in [-0.15, -0.1) is 0 Å². The summed E-state index contributed by atoms with van der Waals surface area (Å²) < 4.78 is 0. The first-order valence-corrected chi connectivity index (χ1v) is 6.08. The number of Topliss-reactive ketones (excluding diaryl/α,β-unsaturated/α-hetero) is 2. The molecule has 0 aromatic heterocycles. The summed E-state index contributed by atoms with van der Waals surface area (Å²) >= 11 is 0. The van der Waals surface area contributed by atoms with Crippen molar-refractivity contribution >= 4 is 17.3 Å². The average Bonchev–Trinajstić information content (AvgIpc) is 2.44. The highest BCUT2D eigenvalue weighted by Crippen LogP contribution is 2.37. The minimum atomic E-state index is -0.114. The standard InChI is InChI=1S/C14H13NO3/c16-13-8-4-1-2-5-9(8)14(17)12-10(13)6-3-7-11(12)15-18/h3,6-7,15,18H,1-2,4-5H2. The van der Waals surface area contributed by atoms with Gasteiger partial charge < -0.3 is 0 Å². The van der Waals surface area contributed by atoms with Gasteiger partial charge in [-0.25, -0.2) is 0 Å². The Morgan fingerprint density at radius 1 is 1.00 bits per heavy atom. The lowest BCUT2D eigenvalue weighted by atomic mass is 9.77. The fraction of sp³-hybridized carbons (Fsp3) is 0.286. The van der Waals surface area contributed by atoms with Crippen molar-refractivity contribution in [2.24, 2.45) is 0 Å². The number of nitrogens with one attached hydrogen (secondary N) is 1. The summed E-state index contributed by atoms with van der Waals surface area (Å²) in [5.41, 5.74) is 4.34. The second-order valence-electron chi connectivity index (χ2n) is 4.66. The molecule has 1 aromatic carbocycles. The van der Waals surface area contributed by atoms with E-state index in [1.165, 1.54) is 0 Å². The third kappa shape index (κ3) is 1.42. The predicted octanol–water partition coefficient (Wildman–Crippen LogP) is 2.74. The van der Waals surface area contributed by atoms with Crippen molar-refractivity contribution in [2.75, 3.05) is 5.48 Å². The van der Waals surface area contributed by atoms with E-state index >= 15 is 0 Å². The number of hydrogen-bond acceptors (Lipinski definition) is 4. The lowest BCUT2D eigenvalue weighted by Crippen LogP contribution is -2.25. The largest absolute Gasteiger partial charge is 0.291 e. The average molecular weight is 243 g/mol. The van der Waals surface area contributed by atoms with Crippen molar-refractivity contribution in [3.05, 3.63) is 40.5 Å². The highest BCUT2D eigenvalue weighted by Gasteiger charge is 2.34. The molecule has 0 atom stereocenters. The predicted molar refractivity (Wildman–Crippen MR) is 66.0 cm³/mol. The summed E-state index contributed by atoms with van der Waals surface area (Å²) in [4.78, 5) is 24.8. The monoisotopic (exact) mass is 243 g/mol. The molecule has 0 unspecified atom stereocenters. The van der Waals surface area contributed by atoms with Gasteiger partial charge in [0.05, 0.1) is 11.3 Å². The number of benzene rings is 1. The number of allylic oxidation sites excluding steroid dienone is 2. The van der Waals surface area contributed by atoms with Gasteiger partial charge in [0.1, 0.15) is 0 Å². The molecule has 0 aliphatic heterocycles. The van der Waals surface area contributed by atoms with Crippen molar-refractivity contribution in [3.63, 3.8) is 0 Å². The molecule has 0 radical (unpaired) electrons. The van der Waals surface area contributed by atoms with Crippen molar-refractivity contribution in [1.29, 1.82) is 0 Å². The summed E-state index contributed by atoms with van der Waals surface area (Å²) in [7, 11) is 0. The first-order chi connectivity index (χ1) is 8.74. The fourth-order valence-corrected chi connectivity index (χ4v) is 2.80. The Morgan fingerprint density at radius 3 is 2.33 bits per heavy atom. The van der Waals surface area contributed by atoms with E-state index in [1.807, 2.05) is 5.48 Å². The molecule has 0 fully saturated rings. The molecule has 0 saturated carbocycles. The van der Waals surface area contributed by atoms with Crippen LogP contribution in [0.15, 0.2) is 29.3 Å². The van der Waals surface area contributed by atoms with E-state index in [0.717, 1.165) is 12.8 Å². The van der Waals surface area contributed by atoms with E-state index in [9.17, 15) is 9.59 Å². The van der Waals surface area contributed by atoms with E-state index < -0.39 is 0 Å². The summed E-state index contributed by atoms with van der Waals surface area (Å²) in [5, 5.41) is 9.06. The van der Waals surface area contributed by atoms with Crippen LogP contribution in [0.4, 0.5) is 5.69 Å². The molecule has 2 aliphatic carbocycles. The summed E-state index contributed by atoms with van der Waals surface area (Å²) in [6.45, 7) is 0. The Balaban J connectivity index is 2.23. The highest BCUT2D eigenvalue weighted by molar-refractivity contribution is 6.28. The second-order valence-corrected chi connectivity index (χ2v) is 4.66. The normalized spacial score (nSPS) is 18.5. The molecular formula is C14H13NO3. The molecule has 2 aliphatic rings. The molecule has 0 bridgehead atoms. The first kappa shape index (κ1) is 11.2. The van der Waals surface area contributed by atoms with Crippen LogP contribution in [0, 0.1) is 0 Å². The van der Waals surface area contributed by atoms with E-state index in [0.29, 0.717) is 40.8 Å². The Bertz CT molecular complexity index is 587. The molecule has 4 nitrogen and oxygen atoms in total. The van der Waals surface area contributed by atoms with Crippen LogP contribution in [-0.2, 0) is 0 Å². The van der Waals surface area contributed by atoms with Gasteiger partial charge in [0.2, 0.25) is 0 Å². The maximum absolute atomic E-state index is 12.4. The molecule has 0 saturated heterocycles. The van der Waals surface area contributed by atoms with Crippen LogP contribution in [0.2, 0.25) is 0 Å². The third-order valence-corrected chi connectivity index (χ3v) is 3.67. The topological polar surface area (TPSA) is 66.4 Å². The number of hydrogen-bond donors (Lipinski definition) is 2. The summed E-state index contributed by atoms with van der Waals surface area (Å²) in [6.07, 6.45) is 3.27. The third-order valence-electron chi connectivity index (χ3n) is 3.67. The summed E-state index contributed by atoms with van der Waals surface area (Å²) in [6, 6.07) is 4.91. The number of anilines is 1. The molecule has 1 aromatic rings. The minimum Gasteiger partial charge on any atom is -0.291 e. The zero-order valence-corrected chi connectivity index (χ0v) is 9.82. The van der Waals surface area contributed by atoms with Gasteiger partial charge >= 0.3 is 0 Å². The SMILES string of the molecule is O=C1C2=C(CCCC2)C(=O)c2c(NO)cccc21. The lowest BCUT2D eigenvalue weighted by Gasteiger charge is -2.25. The highest BCUT2D eigenvalue weighted by atomic mass is 16.5. The Labute approximate surface area is 104 Å². The minimum absolute atomic E-state index is 0.0589. The fourth-order valence-electron chi connectivity index (χ4n) is 2.80. The number of carbonyl (C=O) groups is 2. The van der Waals surface area contributed by atoms with Crippen LogP contribution >= 0.6 is 0 Å². The van der Waals surface area contributed by atoms with Crippen LogP contribution in [0.5, 0.6) is 0 Å². The maximum Gasteiger partial charge on any atom is 0.192 e. The van der Waals surface area contributed by atoms with Gasteiger partial charge in [0.25, 0.3) is 0 Å². The number of rotatable bonds is 1. The van der Waals surface area contributed by atoms with Crippen molar-refractivity contribution in [2.45, 2.75) is 25.7 Å². The zero-order chi connectivity index (χ0) is 12.7. The lowest BCUT2D eigenvalue weighted by molar-refractivity contribution is 0.0964. The molecule has 92 valence electrons. The number of fused-ring (bicyclic) bond motifs is 1. The van der Waals surface area contributed by atoms with Crippen LogP contribution in [0.3, 0.4) is 0 Å². The molecular weight excluding hydrogens is 230 g/mol.